The van der Waals surface area contributed by atoms with Crippen molar-refractivity contribution < 1.29 is 27.8 Å². The lowest BCUT2D eigenvalue weighted by Gasteiger charge is -1.99. The number of aromatic nitrogens is 2. The molecule has 1 amide bonds. The molecule has 0 saturated heterocycles. The molecule has 1 aliphatic heterocycles. The predicted molar refractivity (Wildman–Crippen MR) is 96.6 cm³/mol. The smallest absolute Gasteiger partial charge is 0.322 e. The number of carbonyl (C=O) groups excluding carboxylic acids is 1. The van der Waals surface area contributed by atoms with Crippen LogP contribution < -0.4 is 19.5 Å². The first-order valence-corrected chi connectivity index (χ1v) is 8.33. The first-order chi connectivity index (χ1) is 13.7. The van der Waals surface area contributed by atoms with Gasteiger partial charge in [-0.05, 0) is 30.3 Å². The number of hydrogen-bond donors (Lipinski definition) is 1. The number of furan rings is 1. The molecular weight excluding hydrogens is 366 g/mol. The minimum Gasteiger partial charge on any atom is -0.493 e. The molecular formula is C19H13N3O6. The summed E-state index contributed by atoms with van der Waals surface area (Å²) in [6, 6.07) is 12.2. The zero-order valence-electron chi connectivity index (χ0n) is 14.6. The van der Waals surface area contributed by atoms with Crippen molar-refractivity contribution in [2.24, 2.45) is 0 Å². The third-order valence-electron chi connectivity index (χ3n) is 4.22. The summed E-state index contributed by atoms with van der Waals surface area (Å²) in [5.41, 5.74) is 1.13. The Bertz CT molecular complexity index is 1200. The van der Waals surface area contributed by atoms with Crippen LogP contribution in [0.5, 0.6) is 17.2 Å². The van der Waals surface area contributed by atoms with Gasteiger partial charge in [0.1, 0.15) is 0 Å². The summed E-state index contributed by atoms with van der Waals surface area (Å²) < 4.78 is 27.0. The van der Waals surface area contributed by atoms with E-state index >= 15 is 0 Å². The van der Waals surface area contributed by atoms with Gasteiger partial charge in [0, 0.05) is 10.9 Å². The van der Waals surface area contributed by atoms with Crippen LogP contribution in [0.2, 0.25) is 0 Å². The first-order valence-electron chi connectivity index (χ1n) is 8.33. The van der Waals surface area contributed by atoms with Crippen LogP contribution in [0.4, 0.5) is 6.01 Å². The van der Waals surface area contributed by atoms with E-state index in [1.807, 2.05) is 12.1 Å². The lowest BCUT2D eigenvalue weighted by atomic mass is 10.2. The fourth-order valence-electron chi connectivity index (χ4n) is 2.89. The van der Waals surface area contributed by atoms with Crippen molar-refractivity contribution in [2.45, 2.75) is 0 Å². The number of para-hydroxylation sites is 1. The van der Waals surface area contributed by atoms with E-state index in [1.165, 1.54) is 7.11 Å². The van der Waals surface area contributed by atoms with Gasteiger partial charge in [-0.15, -0.1) is 5.10 Å². The number of fused-ring (bicyclic) bond motifs is 2. The molecule has 9 nitrogen and oxygen atoms in total. The summed E-state index contributed by atoms with van der Waals surface area (Å²) in [7, 11) is 1.53. The number of nitrogens with one attached hydrogen (secondary N) is 1. The maximum absolute atomic E-state index is 12.5. The zero-order valence-corrected chi connectivity index (χ0v) is 14.6. The van der Waals surface area contributed by atoms with E-state index in [9.17, 15) is 4.79 Å². The molecule has 0 aliphatic carbocycles. The van der Waals surface area contributed by atoms with E-state index in [1.54, 1.807) is 30.3 Å². The van der Waals surface area contributed by atoms with E-state index in [4.69, 9.17) is 23.0 Å². The van der Waals surface area contributed by atoms with Gasteiger partial charge >= 0.3 is 6.01 Å². The Morgan fingerprint density at radius 1 is 1.07 bits per heavy atom. The summed E-state index contributed by atoms with van der Waals surface area (Å²) in [5.74, 6) is 1.61. The van der Waals surface area contributed by atoms with Crippen molar-refractivity contribution >= 4 is 22.9 Å². The molecule has 3 heterocycles. The second kappa shape index (κ2) is 6.31. The monoisotopic (exact) mass is 379 g/mol. The minimum absolute atomic E-state index is 0.0508. The van der Waals surface area contributed by atoms with Crippen molar-refractivity contribution in [3.8, 4) is 28.7 Å². The number of carbonyl (C=O) groups is 1. The van der Waals surface area contributed by atoms with Crippen LogP contribution in [0.25, 0.3) is 22.4 Å². The minimum atomic E-state index is -0.515. The standard InChI is InChI=1S/C19H13N3O6/c1-24-13-4-2-3-10-7-15(27-16(10)13)17(23)20-19-22-21-18(28-19)11-5-6-12-14(8-11)26-9-25-12/h2-8H,9H2,1H3,(H,20,22,23). The van der Waals surface area contributed by atoms with Crippen LogP contribution in [0.3, 0.4) is 0 Å². The SMILES string of the molecule is COc1cccc2cc(C(=O)Nc3nnc(-c4ccc5c(c4)OCO5)o3)oc12. The predicted octanol–water partition coefficient (Wildman–Crippen LogP) is 3.47. The Hall–Kier alpha value is -4.01. The van der Waals surface area contributed by atoms with Crippen molar-refractivity contribution in [1.29, 1.82) is 0 Å². The molecule has 0 fully saturated rings. The summed E-state index contributed by atoms with van der Waals surface area (Å²) in [5, 5.41) is 11.1. The van der Waals surface area contributed by atoms with E-state index in [0.717, 1.165) is 5.39 Å². The molecule has 0 atom stereocenters. The highest BCUT2D eigenvalue weighted by Gasteiger charge is 2.19. The highest BCUT2D eigenvalue weighted by atomic mass is 16.7. The van der Waals surface area contributed by atoms with Gasteiger partial charge in [0.05, 0.1) is 7.11 Å². The summed E-state index contributed by atoms with van der Waals surface area (Å²) >= 11 is 0. The van der Waals surface area contributed by atoms with Gasteiger partial charge in [0.2, 0.25) is 12.7 Å². The molecule has 2 aromatic heterocycles. The van der Waals surface area contributed by atoms with E-state index in [-0.39, 0.29) is 24.5 Å². The van der Waals surface area contributed by atoms with Crippen LogP contribution in [0.15, 0.2) is 51.3 Å². The van der Waals surface area contributed by atoms with Gasteiger partial charge in [-0.2, -0.15) is 0 Å². The number of ether oxygens (including phenoxy) is 3. The highest BCUT2D eigenvalue weighted by Crippen LogP contribution is 2.36. The lowest BCUT2D eigenvalue weighted by molar-refractivity contribution is 0.0995. The van der Waals surface area contributed by atoms with E-state index < -0.39 is 5.91 Å². The Balaban J connectivity index is 1.38. The Kier molecular flexibility index (Phi) is 3.64. The highest BCUT2D eigenvalue weighted by molar-refractivity contribution is 6.04. The molecule has 2 aromatic carbocycles. The topological polar surface area (TPSA) is 109 Å². The van der Waals surface area contributed by atoms with Crippen LogP contribution in [0.1, 0.15) is 10.6 Å². The second-order valence-corrected chi connectivity index (χ2v) is 5.92. The number of nitrogens with zero attached hydrogens (tertiary/aromatic N) is 2. The number of methoxy groups -OCH3 is 1. The molecule has 5 rings (SSSR count). The maximum Gasteiger partial charge on any atom is 0.322 e. The van der Waals surface area contributed by atoms with E-state index in [0.29, 0.717) is 28.4 Å². The third kappa shape index (κ3) is 2.69. The molecule has 28 heavy (non-hydrogen) atoms. The van der Waals surface area contributed by atoms with Crippen LogP contribution in [-0.4, -0.2) is 30.0 Å². The molecule has 1 N–H and O–H groups in total. The number of amides is 1. The van der Waals surface area contributed by atoms with Gasteiger partial charge < -0.3 is 23.0 Å². The van der Waals surface area contributed by atoms with Crippen molar-refractivity contribution in [2.75, 3.05) is 19.2 Å². The van der Waals surface area contributed by atoms with Crippen molar-refractivity contribution in [1.82, 2.24) is 10.2 Å². The zero-order chi connectivity index (χ0) is 19.1. The van der Waals surface area contributed by atoms with Gasteiger partial charge in [0.25, 0.3) is 5.91 Å². The molecule has 0 bridgehead atoms. The fraction of sp³-hybridized carbons (Fsp3) is 0.105. The molecule has 0 saturated carbocycles. The molecule has 140 valence electrons. The Labute approximate surface area is 157 Å². The van der Waals surface area contributed by atoms with Crippen LogP contribution >= 0.6 is 0 Å². The average Bonchev–Trinajstić information content (AvgIpc) is 3.45. The Morgan fingerprint density at radius 3 is 2.86 bits per heavy atom. The number of anilines is 1. The molecule has 0 unspecified atom stereocenters. The summed E-state index contributed by atoms with van der Waals surface area (Å²) in [6.07, 6.45) is 0. The van der Waals surface area contributed by atoms with Crippen LogP contribution in [-0.2, 0) is 0 Å². The average molecular weight is 379 g/mol. The maximum atomic E-state index is 12.5. The summed E-state index contributed by atoms with van der Waals surface area (Å²) in [6.45, 7) is 0.173. The number of rotatable bonds is 4. The molecule has 1 aliphatic rings. The van der Waals surface area contributed by atoms with Crippen LogP contribution in [0, 0.1) is 0 Å². The largest absolute Gasteiger partial charge is 0.493 e. The lowest BCUT2D eigenvalue weighted by Crippen LogP contribution is -2.10. The van der Waals surface area contributed by atoms with Crippen molar-refractivity contribution in [3.05, 3.63) is 48.2 Å². The van der Waals surface area contributed by atoms with Gasteiger partial charge in [-0.25, -0.2) is 0 Å². The van der Waals surface area contributed by atoms with Gasteiger partial charge in [0.15, 0.2) is 28.6 Å². The molecule has 0 radical (unpaired) electrons. The summed E-state index contributed by atoms with van der Waals surface area (Å²) in [4.78, 5) is 12.5. The molecule has 4 aromatic rings. The van der Waals surface area contributed by atoms with Gasteiger partial charge in [-0.1, -0.05) is 17.2 Å². The third-order valence-corrected chi connectivity index (χ3v) is 4.22. The van der Waals surface area contributed by atoms with Gasteiger partial charge in [-0.3, -0.25) is 10.1 Å². The molecule has 9 heteroatoms. The number of benzene rings is 2. The quantitative estimate of drug-likeness (QED) is 0.574. The second-order valence-electron chi connectivity index (χ2n) is 5.92. The molecule has 0 spiro atoms. The first kappa shape index (κ1) is 16.2. The van der Waals surface area contributed by atoms with Crippen molar-refractivity contribution in [3.63, 3.8) is 0 Å². The fourth-order valence-corrected chi connectivity index (χ4v) is 2.89. The number of hydrogen-bond acceptors (Lipinski definition) is 8. The Morgan fingerprint density at radius 2 is 1.96 bits per heavy atom. The van der Waals surface area contributed by atoms with E-state index in [2.05, 4.69) is 15.5 Å². The normalized spacial score (nSPS) is 12.3.